The van der Waals surface area contributed by atoms with E-state index in [4.69, 9.17) is 0 Å². The van der Waals surface area contributed by atoms with E-state index >= 15 is 0 Å². The van der Waals surface area contributed by atoms with Gasteiger partial charge in [0.2, 0.25) is 5.91 Å². The maximum Gasteiger partial charge on any atom is 0.220 e. The lowest BCUT2D eigenvalue weighted by Gasteiger charge is -2.33. The smallest absolute Gasteiger partial charge is 0.220 e. The molecule has 0 saturated heterocycles. The van der Waals surface area contributed by atoms with Crippen LogP contribution in [0.15, 0.2) is 54.6 Å². The molecule has 0 spiro atoms. The van der Waals surface area contributed by atoms with E-state index in [0.29, 0.717) is 25.8 Å². The van der Waals surface area contributed by atoms with E-state index in [1.165, 1.54) is 16.7 Å². The number of amides is 1. The van der Waals surface area contributed by atoms with E-state index in [1.54, 1.807) is 0 Å². The normalized spacial score (nSPS) is 19.5. The number of rotatable bonds is 6. The molecule has 2 aromatic rings. The van der Waals surface area contributed by atoms with E-state index in [-0.39, 0.29) is 5.91 Å². The molecule has 0 bridgehead atoms. The number of nitrogens with one attached hydrogen (secondary N) is 1. The Labute approximate surface area is 143 Å². The van der Waals surface area contributed by atoms with Crippen LogP contribution in [0.4, 0.5) is 0 Å². The Bertz CT molecular complexity index is 683. The fourth-order valence-corrected chi connectivity index (χ4v) is 3.38. The highest BCUT2D eigenvalue weighted by molar-refractivity contribution is 5.75. The zero-order valence-corrected chi connectivity index (χ0v) is 14.0. The number of hydrogen-bond donors (Lipinski definition) is 2. The van der Waals surface area contributed by atoms with Crippen LogP contribution in [0.25, 0.3) is 0 Å². The quantitative estimate of drug-likeness (QED) is 0.858. The maximum absolute atomic E-state index is 12.0. The fraction of sp³-hybridized carbons (Fsp3) is 0.381. The van der Waals surface area contributed by atoms with Crippen molar-refractivity contribution in [2.75, 3.05) is 6.54 Å². The van der Waals surface area contributed by atoms with Crippen LogP contribution in [0.1, 0.15) is 36.0 Å². The van der Waals surface area contributed by atoms with Gasteiger partial charge in [-0.25, -0.2) is 0 Å². The third kappa shape index (κ3) is 4.45. The Hall–Kier alpha value is -2.13. The van der Waals surface area contributed by atoms with Gasteiger partial charge in [0, 0.05) is 19.4 Å². The van der Waals surface area contributed by atoms with Crippen LogP contribution in [-0.2, 0) is 24.1 Å². The molecule has 2 aromatic carbocycles. The van der Waals surface area contributed by atoms with Crippen LogP contribution < -0.4 is 5.32 Å². The Morgan fingerprint density at radius 1 is 1.04 bits per heavy atom. The Morgan fingerprint density at radius 2 is 1.75 bits per heavy atom. The Morgan fingerprint density at radius 3 is 2.54 bits per heavy atom. The van der Waals surface area contributed by atoms with E-state index in [1.807, 2.05) is 30.3 Å². The van der Waals surface area contributed by atoms with E-state index in [9.17, 15) is 9.90 Å². The average Bonchev–Trinajstić information content (AvgIpc) is 2.61. The molecular weight excluding hydrogens is 298 g/mol. The molecule has 1 amide bonds. The average molecular weight is 323 g/mol. The third-order valence-corrected chi connectivity index (χ3v) is 4.82. The van der Waals surface area contributed by atoms with Gasteiger partial charge in [0.1, 0.15) is 0 Å². The van der Waals surface area contributed by atoms with Gasteiger partial charge in [0.25, 0.3) is 0 Å². The lowest BCUT2D eigenvalue weighted by atomic mass is 9.80. The predicted octanol–water partition coefficient (Wildman–Crippen LogP) is 3.05. The van der Waals surface area contributed by atoms with Crippen LogP contribution >= 0.6 is 0 Å². The lowest BCUT2D eigenvalue weighted by Crippen LogP contribution is -2.46. The molecule has 1 aliphatic rings. The monoisotopic (exact) mass is 323 g/mol. The molecule has 24 heavy (non-hydrogen) atoms. The van der Waals surface area contributed by atoms with Gasteiger partial charge < -0.3 is 10.4 Å². The molecule has 3 rings (SSSR count). The number of aryl methyl sites for hydroxylation is 2. The first-order chi connectivity index (χ1) is 11.6. The van der Waals surface area contributed by atoms with Crippen molar-refractivity contribution in [2.24, 2.45) is 0 Å². The number of fused-ring (bicyclic) bond motifs is 1. The highest BCUT2D eigenvalue weighted by atomic mass is 16.3. The Kier molecular flexibility index (Phi) is 5.31. The van der Waals surface area contributed by atoms with Crippen molar-refractivity contribution in [3.05, 3.63) is 71.3 Å². The van der Waals surface area contributed by atoms with Gasteiger partial charge >= 0.3 is 0 Å². The SMILES string of the molecule is O=C(CCCc1ccccc1)NCC1(O)CCc2ccccc2C1. The number of aliphatic hydroxyl groups is 1. The van der Waals surface area contributed by atoms with Gasteiger partial charge in [-0.1, -0.05) is 54.6 Å². The number of carbonyl (C=O) groups excluding carboxylic acids is 1. The van der Waals surface area contributed by atoms with Gasteiger partial charge in [-0.2, -0.15) is 0 Å². The molecule has 3 nitrogen and oxygen atoms in total. The second-order valence-electron chi connectivity index (χ2n) is 6.79. The van der Waals surface area contributed by atoms with Crippen LogP contribution in [0, 0.1) is 0 Å². The van der Waals surface area contributed by atoms with Crippen LogP contribution in [0.3, 0.4) is 0 Å². The van der Waals surface area contributed by atoms with Crippen LogP contribution in [0.2, 0.25) is 0 Å². The highest BCUT2D eigenvalue weighted by Gasteiger charge is 2.32. The van der Waals surface area contributed by atoms with Crippen LogP contribution in [0.5, 0.6) is 0 Å². The first-order valence-electron chi connectivity index (χ1n) is 8.74. The number of carbonyl (C=O) groups is 1. The summed E-state index contributed by atoms with van der Waals surface area (Å²) < 4.78 is 0. The molecule has 2 N–H and O–H groups in total. The molecule has 1 aliphatic carbocycles. The molecule has 1 atom stereocenters. The molecule has 3 heteroatoms. The lowest BCUT2D eigenvalue weighted by molar-refractivity contribution is -0.122. The minimum Gasteiger partial charge on any atom is -0.388 e. The second kappa shape index (κ2) is 7.63. The highest BCUT2D eigenvalue weighted by Crippen LogP contribution is 2.28. The summed E-state index contributed by atoms with van der Waals surface area (Å²) in [5, 5.41) is 13.7. The van der Waals surface area contributed by atoms with Gasteiger partial charge in [0.05, 0.1) is 5.60 Å². The summed E-state index contributed by atoms with van der Waals surface area (Å²) >= 11 is 0. The molecule has 0 aliphatic heterocycles. The minimum absolute atomic E-state index is 0.0261. The molecule has 0 heterocycles. The standard InChI is InChI=1S/C21H25NO2/c23-20(12-6-9-17-7-2-1-3-8-17)22-16-21(24)14-13-18-10-4-5-11-19(18)15-21/h1-5,7-8,10-11,24H,6,9,12-16H2,(H,22,23). The summed E-state index contributed by atoms with van der Waals surface area (Å²) in [6.07, 6.45) is 4.43. The van der Waals surface area contributed by atoms with E-state index < -0.39 is 5.60 Å². The molecular formula is C21H25NO2. The van der Waals surface area contributed by atoms with E-state index in [2.05, 4.69) is 29.6 Å². The summed E-state index contributed by atoms with van der Waals surface area (Å²) in [5.41, 5.74) is 2.96. The largest absolute Gasteiger partial charge is 0.388 e. The van der Waals surface area contributed by atoms with Crippen molar-refractivity contribution >= 4 is 5.91 Å². The summed E-state index contributed by atoms with van der Waals surface area (Å²) in [4.78, 5) is 12.0. The number of hydrogen-bond acceptors (Lipinski definition) is 2. The van der Waals surface area contributed by atoms with Crippen molar-refractivity contribution < 1.29 is 9.90 Å². The zero-order valence-electron chi connectivity index (χ0n) is 14.0. The Balaban J connectivity index is 1.43. The molecule has 0 fully saturated rings. The van der Waals surface area contributed by atoms with Gasteiger partial charge in [-0.3, -0.25) is 4.79 Å². The predicted molar refractivity (Wildman–Crippen MR) is 95.8 cm³/mol. The maximum atomic E-state index is 12.0. The molecule has 126 valence electrons. The zero-order chi connectivity index (χ0) is 16.8. The minimum atomic E-state index is -0.816. The second-order valence-corrected chi connectivity index (χ2v) is 6.79. The molecule has 0 radical (unpaired) electrons. The van der Waals surface area contributed by atoms with Crippen molar-refractivity contribution in [1.29, 1.82) is 0 Å². The fourth-order valence-electron chi connectivity index (χ4n) is 3.38. The van der Waals surface area contributed by atoms with Crippen LogP contribution in [-0.4, -0.2) is 23.2 Å². The van der Waals surface area contributed by atoms with Gasteiger partial charge in [0.15, 0.2) is 0 Å². The summed E-state index contributed by atoms with van der Waals surface area (Å²) in [6, 6.07) is 18.4. The first-order valence-corrected chi connectivity index (χ1v) is 8.74. The van der Waals surface area contributed by atoms with Crippen molar-refractivity contribution in [3.8, 4) is 0 Å². The van der Waals surface area contributed by atoms with E-state index in [0.717, 1.165) is 19.3 Å². The van der Waals surface area contributed by atoms with Gasteiger partial charge in [-0.05, 0) is 42.4 Å². The molecule has 0 saturated carbocycles. The molecule has 0 aromatic heterocycles. The van der Waals surface area contributed by atoms with Crippen molar-refractivity contribution in [3.63, 3.8) is 0 Å². The summed E-state index contributed by atoms with van der Waals surface area (Å²) in [7, 11) is 0. The summed E-state index contributed by atoms with van der Waals surface area (Å²) in [5.74, 6) is 0.0261. The third-order valence-electron chi connectivity index (χ3n) is 4.82. The molecule has 1 unspecified atom stereocenters. The van der Waals surface area contributed by atoms with Crippen molar-refractivity contribution in [2.45, 2.75) is 44.1 Å². The van der Waals surface area contributed by atoms with Gasteiger partial charge in [-0.15, -0.1) is 0 Å². The first kappa shape index (κ1) is 16.7. The topological polar surface area (TPSA) is 49.3 Å². The van der Waals surface area contributed by atoms with Crippen molar-refractivity contribution in [1.82, 2.24) is 5.32 Å². The number of benzene rings is 2. The summed E-state index contributed by atoms with van der Waals surface area (Å²) in [6.45, 7) is 0.339.